The molecule has 1 N–H and O–H groups in total. The third-order valence-corrected chi connectivity index (χ3v) is 2.39. The predicted molar refractivity (Wildman–Crippen MR) is 60.7 cm³/mol. The highest BCUT2D eigenvalue weighted by atomic mass is 14.8. The Morgan fingerprint density at radius 3 is 2.87 bits per heavy atom. The molecule has 0 fully saturated rings. The van der Waals surface area contributed by atoms with E-state index in [1.165, 1.54) is 0 Å². The standard InChI is InChI=1S/C12H11N3/c1-8-3-4-11-10(5-8)12(14-2)9(6-13)7-15-11/h3-5,7H,1-2H3,(H,14,15). The molecule has 0 spiro atoms. The second-order valence-corrected chi connectivity index (χ2v) is 3.43. The summed E-state index contributed by atoms with van der Waals surface area (Å²) >= 11 is 0. The molecule has 1 aromatic heterocycles. The molecule has 0 aliphatic heterocycles. The van der Waals surface area contributed by atoms with Crippen LogP contribution in [0.3, 0.4) is 0 Å². The van der Waals surface area contributed by atoms with E-state index in [0.29, 0.717) is 5.56 Å². The Hall–Kier alpha value is -2.08. The number of nitrogens with zero attached hydrogens (tertiary/aromatic N) is 2. The van der Waals surface area contributed by atoms with E-state index in [-0.39, 0.29) is 0 Å². The second-order valence-electron chi connectivity index (χ2n) is 3.43. The van der Waals surface area contributed by atoms with Gasteiger partial charge in [0.15, 0.2) is 0 Å². The van der Waals surface area contributed by atoms with Crippen molar-refractivity contribution in [1.82, 2.24) is 4.98 Å². The lowest BCUT2D eigenvalue weighted by molar-refractivity contribution is 1.34. The Balaban J connectivity index is 2.86. The Labute approximate surface area is 88.4 Å². The molecule has 0 radical (unpaired) electrons. The first-order valence-electron chi connectivity index (χ1n) is 4.73. The van der Waals surface area contributed by atoms with Crippen molar-refractivity contribution in [2.24, 2.45) is 0 Å². The molecule has 0 amide bonds. The minimum atomic E-state index is 0.579. The van der Waals surface area contributed by atoms with E-state index in [4.69, 9.17) is 5.26 Å². The van der Waals surface area contributed by atoms with Crippen LogP contribution in [0, 0.1) is 18.3 Å². The van der Waals surface area contributed by atoms with Crippen molar-refractivity contribution in [3.63, 3.8) is 0 Å². The normalized spacial score (nSPS) is 9.93. The van der Waals surface area contributed by atoms with Crippen LogP contribution in [0.5, 0.6) is 0 Å². The molecule has 0 unspecified atom stereocenters. The summed E-state index contributed by atoms with van der Waals surface area (Å²) in [6, 6.07) is 8.15. The Morgan fingerprint density at radius 2 is 2.20 bits per heavy atom. The molecule has 0 aliphatic carbocycles. The molecule has 2 rings (SSSR count). The van der Waals surface area contributed by atoms with Gasteiger partial charge in [-0.25, -0.2) is 0 Å². The van der Waals surface area contributed by atoms with Gasteiger partial charge in [-0.15, -0.1) is 0 Å². The first-order valence-corrected chi connectivity index (χ1v) is 4.73. The van der Waals surface area contributed by atoms with Crippen LogP contribution in [-0.2, 0) is 0 Å². The van der Waals surface area contributed by atoms with Gasteiger partial charge in [-0.2, -0.15) is 5.26 Å². The van der Waals surface area contributed by atoms with Gasteiger partial charge in [-0.05, 0) is 19.1 Å². The maximum atomic E-state index is 8.95. The van der Waals surface area contributed by atoms with Crippen molar-refractivity contribution in [2.75, 3.05) is 12.4 Å². The van der Waals surface area contributed by atoms with Gasteiger partial charge in [-0.3, -0.25) is 4.98 Å². The average molecular weight is 197 g/mol. The molecule has 0 bridgehead atoms. The number of rotatable bonds is 1. The fourth-order valence-electron chi connectivity index (χ4n) is 1.66. The number of aryl methyl sites for hydroxylation is 1. The highest BCUT2D eigenvalue weighted by molar-refractivity contribution is 5.94. The van der Waals surface area contributed by atoms with Gasteiger partial charge in [0, 0.05) is 18.6 Å². The summed E-state index contributed by atoms with van der Waals surface area (Å²) in [4.78, 5) is 4.24. The van der Waals surface area contributed by atoms with Crippen molar-refractivity contribution < 1.29 is 0 Å². The quantitative estimate of drug-likeness (QED) is 0.763. The molecule has 2 aromatic rings. The SMILES string of the molecule is CNc1c(C#N)cnc2ccc(C)cc12. The van der Waals surface area contributed by atoms with E-state index >= 15 is 0 Å². The van der Waals surface area contributed by atoms with Crippen LogP contribution in [-0.4, -0.2) is 12.0 Å². The average Bonchev–Trinajstić information content (AvgIpc) is 2.27. The zero-order chi connectivity index (χ0) is 10.8. The molecule has 1 heterocycles. The summed E-state index contributed by atoms with van der Waals surface area (Å²) in [5.74, 6) is 0. The number of aromatic nitrogens is 1. The van der Waals surface area contributed by atoms with Gasteiger partial charge in [0.05, 0.1) is 16.8 Å². The van der Waals surface area contributed by atoms with Crippen LogP contribution in [0.4, 0.5) is 5.69 Å². The van der Waals surface area contributed by atoms with E-state index in [0.717, 1.165) is 22.2 Å². The summed E-state index contributed by atoms with van der Waals surface area (Å²) in [6.45, 7) is 2.03. The summed E-state index contributed by atoms with van der Waals surface area (Å²) in [6.07, 6.45) is 1.60. The first kappa shape index (κ1) is 9.47. The molecule has 0 saturated heterocycles. The number of nitriles is 1. The number of benzene rings is 1. The van der Waals surface area contributed by atoms with E-state index in [2.05, 4.69) is 16.4 Å². The Morgan fingerprint density at radius 1 is 1.40 bits per heavy atom. The Bertz CT molecular complexity index is 553. The van der Waals surface area contributed by atoms with Crippen LogP contribution in [0.25, 0.3) is 10.9 Å². The third kappa shape index (κ3) is 1.50. The van der Waals surface area contributed by atoms with Crippen molar-refractivity contribution in [2.45, 2.75) is 6.92 Å². The number of pyridine rings is 1. The molecule has 0 saturated carbocycles. The zero-order valence-corrected chi connectivity index (χ0v) is 8.70. The second kappa shape index (κ2) is 3.58. The number of anilines is 1. The Kier molecular flexibility index (Phi) is 2.26. The van der Waals surface area contributed by atoms with E-state index < -0.39 is 0 Å². The lowest BCUT2D eigenvalue weighted by atomic mass is 10.1. The van der Waals surface area contributed by atoms with Gasteiger partial charge in [0.1, 0.15) is 6.07 Å². The molecule has 0 atom stereocenters. The third-order valence-electron chi connectivity index (χ3n) is 2.39. The lowest BCUT2D eigenvalue weighted by Gasteiger charge is -2.07. The van der Waals surface area contributed by atoms with E-state index in [1.807, 2.05) is 32.2 Å². The van der Waals surface area contributed by atoms with Crippen LogP contribution in [0.2, 0.25) is 0 Å². The first-order chi connectivity index (χ1) is 7.26. The largest absolute Gasteiger partial charge is 0.386 e. The number of hydrogen-bond acceptors (Lipinski definition) is 3. The smallest absolute Gasteiger partial charge is 0.103 e. The van der Waals surface area contributed by atoms with Gasteiger partial charge < -0.3 is 5.32 Å². The highest BCUT2D eigenvalue weighted by Gasteiger charge is 2.06. The number of hydrogen-bond donors (Lipinski definition) is 1. The lowest BCUT2D eigenvalue weighted by Crippen LogP contribution is -1.95. The van der Waals surface area contributed by atoms with Gasteiger partial charge in [-0.1, -0.05) is 11.6 Å². The molecule has 3 heteroatoms. The van der Waals surface area contributed by atoms with Gasteiger partial charge >= 0.3 is 0 Å². The molecule has 1 aromatic carbocycles. The minimum absolute atomic E-state index is 0.579. The zero-order valence-electron chi connectivity index (χ0n) is 8.70. The summed E-state index contributed by atoms with van der Waals surface area (Å²) in [7, 11) is 1.82. The number of nitrogens with one attached hydrogen (secondary N) is 1. The molecule has 15 heavy (non-hydrogen) atoms. The molecule has 3 nitrogen and oxygen atoms in total. The van der Waals surface area contributed by atoms with E-state index in [9.17, 15) is 0 Å². The van der Waals surface area contributed by atoms with Crippen LogP contribution in [0.1, 0.15) is 11.1 Å². The van der Waals surface area contributed by atoms with Crippen molar-refractivity contribution in [3.8, 4) is 6.07 Å². The van der Waals surface area contributed by atoms with E-state index in [1.54, 1.807) is 6.20 Å². The molecular formula is C12H11N3. The fourth-order valence-corrected chi connectivity index (χ4v) is 1.66. The predicted octanol–water partition coefficient (Wildman–Crippen LogP) is 2.46. The minimum Gasteiger partial charge on any atom is -0.386 e. The maximum Gasteiger partial charge on any atom is 0.103 e. The maximum absolute atomic E-state index is 8.95. The molecular weight excluding hydrogens is 186 g/mol. The molecule has 74 valence electrons. The van der Waals surface area contributed by atoms with Gasteiger partial charge in [0.25, 0.3) is 0 Å². The van der Waals surface area contributed by atoms with Crippen LogP contribution in [0.15, 0.2) is 24.4 Å². The molecule has 0 aliphatic rings. The van der Waals surface area contributed by atoms with Crippen molar-refractivity contribution >= 4 is 16.6 Å². The van der Waals surface area contributed by atoms with Gasteiger partial charge in [0.2, 0.25) is 0 Å². The van der Waals surface area contributed by atoms with Crippen molar-refractivity contribution in [3.05, 3.63) is 35.5 Å². The van der Waals surface area contributed by atoms with Crippen LogP contribution >= 0.6 is 0 Å². The summed E-state index contributed by atoms with van der Waals surface area (Å²) < 4.78 is 0. The monoisotopic (exact) mass is 197 g/mol. The highest BCUT2D eigenvalue weighted by Crippen LogP contribution is 2.25. The van der Waals surface area contributed by atoms with Crippen LogP contribution < -0.4 is 5.32 Å². The van der Waals surface area contributed by atoms with Crippen molar-refractivity contribution in [1.29, 1.82) is 5.26 Å². The summed E-state index contributed by atoms with van der Waals surface area (Å²) in [5.41, 5.74) is 3.50. The fraction of sp³-hybridized carbons (Fsp3) is 0.167. The number of fused-ring (bicyclic) bond motifs is 1. The topological polar surface area (TPSA) is 48.7 Å². The summed E-state index contributed by atoms with van der Waals surface area (Å²) in [5, 5.41) is 13.0.